The molecule has 0 radical (unpaired) electrons. The molecule has 0 heterocycles. The molecule has 5 nitrogen and oxygen atoms in total. The maximum absolute atomic E-state index is 11.5. The van der Waals surface area contributed by atoms with Crippen LogP contribution in [0, 0.1) is 0 Å². The number of nitrogens with zero attached hydrogens (tertiary/aromatic N) is 3. The second-order valence-corrected chi connectivity index (χ2v) is 1.46. The Kier molecular flexibility index (Phi) is 5.75. The minimum Gasteiger partial charge on any atom is -0.376 e. The van der Waals surface area contributed by atoms with Crippen LogP contribution in [-0.4, -0.2) is 31.2 Å². The number of azide groups is 1. The lowest BCUT2D eigenvalue weighted by atomic mass is 10.7. The Balaban J connectivity index is 2.98. The Morgan fingerprint density at radius 1 is 1.80 bits per heavy atom. The molecule has 1 atom stereocenters. The van der Waals surface area contributed by atoms with Crippen molar-refractivity contribution in [3.8, 4) is 0 Å². The zero-order valence-electron chi connectivity index (χ0n) is 5.27. The third-order valence-electron chi connectivity index (χ3n) is 0.654. The lowest BCUT2D eigenvalue weighted by Crippen LogP contribution is -2.10. The van der Waals surface area contributed by atoms with Crippen molar-refractivity contribution in [2.75, 3.05) is 19.8 Å². The summed E-state index contributed by atoms with van der Waals surface area (Å²) in [6.07, 6.45) is -1.95. The van der Waals surface area contributed by atoms with Crippen LogP contribution in [0.25, 0.3) is 10.4 Å². The third-order valence-corrected chi connectivity index (χ3v) is 0.654. The lowest BCUT2D eigenvalue weighted by Gasteiger charge is -1.99. The molecule has 0 fully saturated rings. The van der Waals surface area contributed by atoms with Crippen molar-refractivity contribution < 1.29 is 14.2 Å². The number of rotatable bonds is 5. The molecule has 6 heteroatoms. The van der Waals surface area contributed by atoms with E-state index < -0.39 is 6.36 Å². The first-order valence-electron chi connectivity index (χ1n) is 2.68. The van der Waals surface area contributed by atoms with E-state index in [0.29, 0.717) is 0 Å². The molecule has 0 saturated carbocycles. The van der Waals surface area contributed by atoms with Crippen molar-refractivity contribution in [1.82, 2.24) is 0 Å². The van der Waals surface area contributed by atoms with Crippen LogP contribution in [-0.2, 0) is 4.74 Å². The van der Waals surface area contributed by atoms with Gasteiger partial charge in [-0.1, -0.05) is 5.11 Å². The molecule has 0 rings (SSSR count). The Bertz CT molecular complexity index is 124. The molecule has 1 N–H and O–H groups in total. The number of hydrogen-bond donors (Lipinski definition) is 1. The van der Waals surface area contributed by atoms with Gasteiger partial charge in [0.2, 0.25) is 6.36 Å². The zero-order chi connectivity index (χ0) is 7.82. The molecular formula is C4H8FN3O2. The third kappa shape index (κ3) is 7.16. The predicted octanol–water partition coefficient (Wildman–Crippen LogP) is 0.601. The Morgan fingerprint density at radius 2 is 2.50 bits per heavy atom. The highest BCUT2D eigenvalue weighted by molar-refractivity contribution is 4.44. The summed E-state index contributed by atoms with van der Waals surface area (Å²) < 4.78 is 16.0. The van der Waals surface area contributed by atoms with Crippen LogP contribution in [0.1, 0.15) is 0 Å². The van der Waals surface area contributed by atoms with E-state index in [-0.39, 0.29) is 19.8 Å². The van der Waals surface area contributed by atoms with E-state index in [0.717, 1.165) is 0 Å². The smallest absolute Gasteiger partial charge is 0.220 e. The number of ether oxygens (including phenoxy) is 1. The minimum absolute atomic E-state index is 0.130. The SMILES string of the molecule is [N-]=[N+]=NCCOCC(O)F. The van der Waals surface area contributed by atoms with Gasteiger partial charge in [0.1, 0.15) is 6.61 Å². The van der Waals surface area contributed by atoms with Gasteiger partial charge < -0.3 is 9.84 Å². The topological polar surface area (TPSA) is 78.2 Å². The van der Waals surface area contributed by atoms with Gasteiger partial charge in [-0.15, -0.1) is 0 Å². The molecular weight excluding hydrogens is 141 g/mol. The fourth-order valence-corrected chi connectivity index (χ4v) is 0.331. The molecule has 0 aromatic rings. The van der Waals surface area contributed by atoms with Gasteiger partial charge in [0, 0.05) is 11.5 Å². The average molecular weight is 149 g/mol. The van der Waals surface area contributed by atoms with Crippen LogP contribution in [0.2, 0.25) is 0 Å². The molecule has 0 aliphatic carbocycles. The highest BCUT2D eigenvalue weighted by atomic mass is 19.1. The van der Waals surface area contributed by atoms with Crippen molar-refractivity contribution in [3.63, 3.8) is 0 Å². The fraction of sp³-hybridized carbons (Fsp3) is 1.00. The van der Waals surface area contributed by atoms with Crippen molar-refractivity contribution in [3.05, 3.63) is 10.4 Å². The molecule has 0 aliphatic rings. The van der Waals surface area contributed by atoms with Crippen LogP contribution in [0.3, 0.4) is 0 Å². The van der Waals surface area contributed by atoms with Gasteiger partial charge in [0.05, 0.1) is 6.61 Å². The lowest BCUT2D eigenvalue weighted by molar-refractivity contribution is -0.0366. The van der Waals surface area contributed by atoms with Gasteiger partial charge in [0.15, 0.2) is 0 Å². The quantitative estimate of drug-likeness (QED) is 0.269. The number of aliphatic hydroxyl groups is 1. The largest absolute Gasteiger partial charge is 0.376 e. The van der Waals surface area contributed by atoms with Crippen molar-refractivity contribution in [1.29, 1.82) is 0 Å². The summed E-state index contributed by atoms with van der Waals surface area (Å²) in [6.45, 7) is -0.0881. The van der Waals surface area contributed by atoms with Gasteiger partial charge in [0.25, 0.3) is 0 Å². The first kappa shape index (κ1) is 9.16. The van der Waals surface area contributed by atoms with E-state index in [9.17, 15) is 4.39 Å². The van der Waals surface area contributed by atoms with Crippen LogP contribution in [0.15, 0.2) is 5.11 Å². The highest BCUT2D eigenvalue weighted by Crippen LogP contribution is 1.85. The fourth-order valence-electron chi connectivity index (χ4n) is 0.331. The van der Waals surface area contributed by atoms with Crippen molar-refractivity contribution >= 4 is 0 Å². The monoisotopic (exact) mass is 149 g/mol. The molecule has 0 saturated heterocycles. The first-order chi connectivity index (χ1) is 4.77. The summed E-state index contributed by atoms with van der Waals surface area (Å²) in [5.41, 5.74) is 7.75. The normalized spacial score (nSPS) is 12.2. The van der Waals surface area contributed by atoms with Gasteiger partial charge in [-0.2, -0.15) is 0 Å². The van der Waals surface area contributed by atoms with Crippen molar-refractivity contribution in [2.24, 2.45) is 5.11 Å². The summed E-state index contributed by atoms with van der Waals surface area (Å²) in [6, 6.07) is 0. The van der Waals surface area contributed by atoms with Crippen molar-refractivity contribution in [2.45, 2.75) is 6.36 Å². The summed E-state index contributed by atoms with van der Waals surface area (Å²) in [7, 11) is 0. The minimum atomic E-state index is -1.95. The predicted molar refractivity (Wildman–Crippen MR) is 31.9 cm³/mol. The Labute approximate surface area is 57.0 Å². The number of aliphatic hydroxyl groups excluding tert-OH is 1. The second-order valence-electron chi connectivity index (χ2n) is 1.46. The molecule has 0 aromatic heterocycles. The zero-order valence-corrected chi connectivity index (χ0v) is 5.27. The maximum atomic E-state index is 11.5. The molecule has 0 aromatic carbocycles. The van der Waals surface area contributed by atoms with Crippen LogP contribution < -0.4 is 0 Å². The summed E-state index contributed by atoms with van der Waals surface area (Å²) in [5.74, 6) is 0. The Morgan fingerprint density at radius 3 is 3.00 bits per heavy atom. The van der Waals surface area contributed by atoms with E-state index in [1.165, 1.54) is 0 Å². The molecule has 0 amide bonds. The maximum Gasteiger partial charge on any atom is 0.220 e. The summed E-state index contributed by atoms with van der Waals surface area (Å²) in [5, 5.41) is 11.1. The van der Waals surface area contributed by atoms with Gasteiger partial charge in [-0.3, -0.25) is 0 Å². The van der Waals surface area contributed by atoms with Gasteiger partial charge in [-0.05, 0) is 5.53 Å². The summed E-state index contributed by atoms with van der Waals surface area (Å²) >= 11 is 0. The van der Waals surface area contributed by atoms with E-state index in [2.05, 4.69) is 14.8 Å². The van der Waals surface area contributed by atoms with Crippen LogP contribution in [0.4, 0.5) is 4.39 Å². The second kappa shape index (κ2) is 6.28. The van der Waals surface area contributed by atoms with Crippen LogP contribution >= 0.6 is 0 Å². The number of alkyl halides is 1. The molecule has 58 valence electrons. The Hall–Kier alpha value is -0.840. The highest BCUT2D eigenvalue weighted by Gasteiger charge is 1.96. The van der Waals surface area contributed by atoms with E-state index in [1.54, 1.807) is 0 Å². The van der Waals surface area contributed by atoms with E-state index >= 15 is 0 Å². The van der Waals surface area contributed by atoms with Gasteiger partial charge >= 0.3 is 0 Å². The van der Waals surface area contributed by atoms with E-state index in [4.69, 9.17) is 10.6 Å². The number of hydrogen-bond acceptors (Lipinski definition) is 3. The molecule has 1 unspecified atom stereocenters. The summed E-state index contributed by atoms with van der Waals surface area (Å²) in [4.78, 5) is 2.44. The van der Waals surface area contributed by atoms with Gasteiger partial charge in [-0.25, -0.2) is 4.39 Å². The standard InChI is InChI=1S/C4H8FN3O2/c5-4(9)3-10-2-1-7-8-6/h4,9H,1-3H2. The molecule has 0 aliphatic heterocycles. The van der Waals surface area contributed by atoms with Crippen LogP contribution in [0.5, 0.6) is 0 Å². The average Bonchev–Trinajstić information content (AvgIpc) is 1.87. The number of halogens is 1. The molecule has 0 bridgehead atoms. The van der Waals surface area contributed by atoms with E-state index in [1.807, 2.05) is 0 Å². The first-order valence-corrected chi connectivity index (χ1v) is 2.68. The molecule has 10 heavy (non-hydrogen) atoms. The molecule has 0 spiro atoms.